The van der Waals surface area contributed by atoms with Crippen LogP contribution in [0.3, 0.4) is 0 Å². The molecule has 1 aromatic carbocycles. The second-order valence-corrected chi connectivity index (χ2v) is 4.52. The van der Waals surface area contributed by atoms with Crippen LogP contribution < -0.4 is 4.74 Å². The van der Waals surface area contributed by atoms with Gasteiger partial charge in [-0.1, -0.05) is 11.2 Å². The maximum absolute atomic E-state index is 13.3. The molecule has 94 valence electrons. The summed E-state index contributed by atoms with van der Waals surface area (Å²) in [5.74, 6) is 1.82. The molecule has 1 aromatic heterocycles. The molecule has 0 radical (unpaired) electrons. The zero-order chi connectivity index (χ0) is 12.5. The van der Waals surface area contributed by atoms with Gasteiger partial charge in [0.25, 0.3) is 5.89 Å². The van der Waals surface area contributed by atoms with E-state index in [1.165, 1.54) is 6.07 Å². The van der Waals surface area contributed by atoms with Gasteiger partial charge in [0.15, 0.2) is 12.4 Å². The number of aromatic nitrogens is 2. The molecule has 0 saturated heterocycles. The van der Waals surface area contributed by atoms with Crippen molar-refractivity contribution >= 4 is 0 Å². The molecule has 0 aliphatic heterocycles. The fraction of sp³-hybridized carbons (Fsp3) is 0.385. The molecule has 2 aromatic rings. The lowest BCUT2D eigenvalue weighted by Crippen LogP contribution is -1.97. The van der Waals surface area contributed by atoms with Crippen LogP contribution in [0.25, 0.3) is 0 Å². The Hall–Kier alpha value is -1.91. The molecule has 0 amide bonds. The number of nitrogens with zero attached hydrogens (tertiary/aromatic N) is 2. The van der Waals surface area contributed by atoms with Gasteiger partial charge in [-0.25, -0.2) is 4.39 Å². The number of benzene rings is 1. The van der Waals surface area contributed by atoms with Crippen molar-refractivity contribution in [2.75, 3.05) is 0 Å². The lowest BCUT2D eigenvalue weighted by molar-refractivity contribution is 0.241. The second kappa shape index (κ2) is 4.40. The van der Waals surface area contributed by atoms with Crippen molar-refractivity contribution in [2.45, 2.75) is 32.3 Å². The van der Waals surface area contributed by atoms with Gasteiger partial charge >= 0.3 is 0 Å². The van der Waals surface area contributed by atoms with Gasteiger partial charge in [-0.3, -0.25) is 0 Å². The molecule has 0 spiro atoms. The average Bonchev–Trinajstić information content (AvgIpc) is 3.11. The lowest BCUT2D eigenvalue weighted by Gasteiger charge is -2.04. The van der Waals surface area contributed by atoms with Crippen molar-refractivity contribution in [3.8, 4) is 5.75 Å². The summed E-state index contributed by atoms with van der Waals surface area (Å²) in [6.45, 7) is 1.88. The smallest absolute Gasteiger partial charge is 0.264 e. The van der Waals surface area contributed by atoms with Crippen molar-refractivity contribution < 1.29 is 13.7 Å². The van der Waals surface area contributed by atoms with E-state index < -0.39 is 0 Å². The van der Waals surface area contributed by atoms with E-state index in [0.717, 1.165) is 18.7 Å². The zero-order valence-corrected chi connectivity index (χ0v) is 10.0. The van der Waals surface area contributed by atoms with Crippen molar-refractivity contribution in [1.82, 2.24) is 10.1 Å². The van der Waals surface area contributed by atoms with Crippen LogP contribution in [0.15, 0.2) is 22.7 Å². The number of rotatable bonds is 4. The van der Waals surface area contributed by atoms with E-state index in [1.54, 1.807) is 19.1 Å². The average molecular weight is 248 g/mol. The van der Waals surface area contributed by atoms with Crippen LogP contribution >= 0.6 is 0 Å². The number of ether oxygens (including phenoxy) is 1. The minimum atomic E-state index is -0.281. The summed E-state index contributed by atoms with van der Waals surface area (Å²) < 4.78 is 23.8. The third-order valence-electron chi connectivity index (χ3n) is 2.93. The summed E-state index contributed by atoms with van der Waals surface area (Å²) in [7, 11) is 0. The predicted molar refractivity (Wildman–Crippen MR) is 61.7 cm³/mol. The van der Waals surface area contributed by atoms with Crippen LogP contribution in [0, 0.1) is 12.7 Å². The second-order valence-electron chi connectivity index (χ2n) is 4.52. The molecule has 1 aliphatic carbocycles. The monoisotopic (exact) mass is 248 g/mol. The number of hydrogen-bond donors (Lipinski definition) is 0. The van der Waals surface area contributed by atoms with E-state index in [0.29, 0.717) is 23.1 Å². The Labute approximate surface area is 104 Å². The van der Waals surface area contributed by atoms with E-state index in [-0.39, 0.29) is 12.4 Å². The number of hydrogen-bond acceptors (Lipinski definition) is 4. The molecular formula is C13H13FN2O2. The lowest BCUT2D eigenvalue weighted by atomic mass is 10.2. The van der Waals surface area contributed by atoms with E-state index in [2.05, 4.69) is 10.1 Å². The summed E-state index contributed by atoms with van der Waals surface area (Å²) in [6.07, 6.45) is 2.26. The van der Waals surface area contributed by atoms with E-state index in [4.69, 9.17) is 9.26 Å². The van der Waals surface area contributed by atoms with Crippen LogP contribution in [-0.2, 0) is 6.61 Å². The molecule has 1 heterocycles. The standard InChI is InChI=1S/C13H13FN2O2/c1-8-2-5-10(6-11(8)14)17-7-12-15-13(16-18-12)9-3-4-9/h2,5-6,9H,3-4,7H2,1H3. The number of halogens is 1. The largest absolute Gasteiger partial charge is 0.484 e. The SMILES string of the molecule is Cc1ccc(OCc2nc(C3CC3)no2)cc1F. The number of aryl methyl sites for hydroxylation is 1. The molecule has 4 nitrogen and oxygen atoms in total. The molecule has 0 bridgehead atoms. The van der Waals surface area contributed by atoms with Crippen LogP contribution in [0.2, 0.25) is 0 Å². The third kappa shape index (κ3) is 2.34. The van der Waals surface area contributed by atoms with Gasteiger partial charge < -0.3 is 9.26 Å². The van der Waals surface area contributed by atoms with Crippen molar-refractivity contribution in [2.24, 2.45) is 0 Å². The molecule has 18 heavy (non-hydrogen) atoms. The maximum atomic E-state index is 13.3. The molecule has 1 saturated carbocycles. The van der Waals surface area contributed by atoms with E-state index in [9.17, 15) is 4.39 Å². The van der Waals surface area contributed by atoms with Gasteiger partial charge in [0.05, 0.1) is 0 Å². The summed E-state index contributed by atoms with van der Waals surface area (Å²) in [4.78, 5) is 4.23. The van der Waals surface area contributed by atoms with Crippen molar-refractivity contribution in [3.63, 3.8) is 0 Å². The first kappa shape index (κ1) is 11.2. The molecule has 1 aliphatic rings. The summed E-state index contributed by atoms with van der Waals surface area (Å²) in [5, 5.41) is 3.88. The minimum Gasteiger partial charge on any atom is -0.484 e. The predicted octanol–water partition coefficient (Wildman–Crippen LogP) is 2.97. The minimum absolute atomic E-state index is 0.169. The molecular weight excluding hydrogens is 235 g/mol. The van der Waals surface area contributed by atoms with Crippen LogP contribution in [0.1, 0.15) is 36.0 Å². The maximum Gasteiger partial charge on any atom is 0.264 e. The highest BCUT2D eigenvalue weighted by molar-refractivity contribution is 5.28. The quantitative estimate of drug-likeness (QED) is 0.834. The molecule has 0 N–H and O–H groups in total. The topological polar surface area (TPSA) is 48.2 Å². The van der Waals surface area contributed by atoms with Gasteiger partial charge in [0.2, 0.25) is 0 Å². The highest BCUT2D eigenvalue weighted by atomic mass is 19.1. The van der Waals surface area contributed by atoms with Gasteiger partial charge in [0.1, 0.15) is 11.6 Å². The Balaban J connectivity index is 1.63. The fourth-order valence-electron chi connectivity index (χ4n) is 1.64. The Morgan fingerprint density at radius 3 is 3.00 bits per heavy atom. The first-order chi connectivity index (χ1) is 8.72. The van der Waals surface area contributed by atoms with Crippen LogP contribution in [0.5, 0.6) is 5.75 Å². The normalized spacial score (nSPS) is 14.8. The summed E-state index contributed by atoms with van der Waals surface area (Å²) in [5.41, 5.74) is 0.594. The Morgan fingerprint density at radius 2 is 2.28 bits per heavy atom. The molecule has 0 atom stereocenters. The summed E-state index contributed by atoms with van der Waals surface area (Å²) in [6, 6.07) is 4.75. The Bertz CT molecular complexity index is 564. The van der Waals surface area contributed by atoms with Gasteiger partial charge in [0, 0.05) is 12.0 Å². The Morgan fingerprint density at radius 1 is 1.44 bits per heavy atom. The third-order valence-corrected chi connectivity index (χ3v) is 2.93. The molecule has 5 heteroatoms. The van der Waals surface area contributed by atoms with Crippen molar-refractivity contribution in [1.29, 1.82) is 0 Å². The highest BCUT2D eigenvalue weighted by Gasteiger charge is 2.28. The van der Waals surface area contributed by atoms with Gasteiger partial charge in [-0.15, -0.1) is 0 Å². The Kier molecular flexibility index (Phi) is 2.74. The first-order valence-electron chi connectivity index (χ1n) is 5.94. The summed E-state index contributed by atoms with van der Waals surface area (Å²) >= 11 is 0. The first-order valence-corrected chi connectivity index (χ1v) is 5.94. The van der Waals surface area contributed by atoms with Crippen molar-refractivity contribution in [3.05, 3.63) is 41.3 Å². The zero-order valence-electron chi connectivity index (χ0n) is 10.0. The van der Waals surface area contributed by atoms with Crippen LogP contribution in [-0.4, -0.2) is 10.1 Å². The van der Waals surface area contributed by atoms with E-state index in [1.807, 2.05) is 0 Å². The van der Waals surface area contributed by atoms with E-state index >= 15 is 0 Å². The molecule has 1 fully saturated rings. The highest BCUT2D eigenvalue weighted by Crippen LogP contribution is 2.38. The molecule has 3 rings (SSSR count). The van der Waals surface area contributed by atoms with Gasteiger partial charge in [-0.05, 0) is 31.4 Å². The van der Waals surface area contributed by atoms with Gasteiger partial charge in [-0.2, -0.15) is 4.98 Å². The fourth-order valence-corrected chi connectivity index (χ4v) is 1.64. The van der Waals surface area contributed by atoms with Crippen LogP contribution in [0.4, 0.5) is 4.39 Å². The molecule has 0 unspecified atom stereocenters.